The van der Waals surface area contributed by atoms with Crippen LogP contribution in [0.15, 0.2) is 0 Å². The lowest BCUT2D eigenvalue weighted by Crippen LogP contribution is -2.30. The van der Waals surface area contributed by atoms with Gasteiger partial charge in [-0.15, -0.1) is 0 Å². The second-order valence-corrected chi connectivity index (χ2v) is 8.21. The molecule has 2 atom stereocenters. The van der Waals surface area contributed by atoms with Crippen LogP contribution in [-0.2, 0) is 14.6 Å². The monoisotopic (exact) mass is 277 g/mol. The number of ether oxygens (including phenoxy) is 1. The van der Waals surface area contributed by atoms with Crippen LogP contribution in [0.2, 0.25) is 0 Å². The Hall–Kier alpha value is -0.130. The van der Waals surface area contributed by atoms with Crippen LogP contribution in [0.25, 0.3) is 0 Å². The van der Waals surface area contributed by atoms with Crippen LogP contribution >= 0.6 is 0 Å². The van der Waals surface area contributed by atoms with E-state index in [9.17, 15) is 8.42 Å². The fraction of sp³-hybridized carbons (Fsp3) is 1.00. The van der Waals surface area contributed by atoms with E-state index in [1.807, 2.05) is 7.05 Å². The summed E-state index contributed by atoms with van der Waals surface area (Å²) in [4.78, 5) is 0. The average Bonchev–Trinajstić information content (AvgIpc) is 2.65. The zero-order valence-corrected chi connectivity index (χ0v) is 12.8. The molecule has 0 saturated carbocycles. The zero-order chi connectivity index (χ0) is 13.8. The highest BCUT2D eigenvalue weighted by atomic mass is 32.2. The van der Waals surface area contributed by atoms with E-state index in [-0.39, 0.29) is 5.60 Å². The summed E-state index contributed by atoms with van der Waals surface area (Å²) in [5.74, 6) is 1.48. The molecule has 108 valence electrons. The Balaban J connectivity index is 2.55. The minimum absolute atomic E-state index is 0.122. The van der Waals surface area contributed by atoms with Gasteiger partial charge < -0.3 is 10.1 Å². The molecule has 1 rings (SSSR count). The molecule has 1 saturated heterocycles. The first-order valence-electron chi connectivity index (χ1n) is 6.70. The molecule has 1 N–H and O–H groups in total. The lowest BCUT2D eigenvalue weighted by atomic mass is 9.85. The highest BCUT2D eigenvalue weighted by molar-refractivity contribution is 7.91. The third kappa shape index (κ3) is 4.86. The van der Waals surface area contributed by atoms with Crippen LogP contribution in [0.5, 0.6) is 0 Å². The molecule has 0 aromatic heterocycles. The Labute approximate surface area is 111 Å². The quantitative estimate of drug-likeness (QED) is 0.765. The molecule has 1 aliphatic rings. The molecule has 5 heteroatoms. The predicted molar refractivity (Wildman–Crippen MR) is 74.5 cm³/mol. The normalized spacial score (nSPS) is 25.2. The molecule has 18 heavy (non-hydrogen) atoms. The maximum atomic E-state index is 11.6. The molecule has 1 heterocycles. The summed E-state index contributed by atoms with van der Waals surface area (Å²) in [7, 11) is 0.881. The molecular weight excluding hydrogens is 250 g/mol. The Morgan fingerprint density at radius 1 is 1.44 bits per heavy atom. The third-order valence-electron chi connectivity index (χ3n) is 4.07. The number of methoxy groups -OCH3 is 1. The summed E-state index contributed by atoms with van der Waals surface area (Å²) in [5, 5.41) is 3.19. The fourth-order valence-corrected chi connectivity index (χ4v) is 4.52. The standard InChI is InChI=1S/C13H27NO3S/c1-13(2,17-4)7-5-11(9-14-3)12-6-8-18(15,16)10-12/h11-12,14H,5-10H2,1-4H3. The summed E-state index contributed by atoms with van der Waals surface area (Å²) in [6.45, 7) is 5.05. The molecule has 1 aliphatic heterocycles. The van der Waals surface area contributed by atoms with Gasteiger partial charge in [-0.3, -0.25) is 0 Å². The van der Waals surface area contributed by atoms with E-state index in [0.29, 0.717) is 23.3 Å². The Kier molecular flexibility index (Phi) is 5.62. The number of rotatable bonds is 7. The molecule has 0 amide bonds. The van der Waals surface area contributed by atoms with Crippen molar-refractivity contribution in [3.8, 4) is 0 Å². The van der Waals surface area contributed by atoms with Crippen molar-refractivity contribution in [1.29, 1.82) is 0 Å². The molecule has 2 unspecified atom stereocenters. The predicted octanol–water partition coefficient (Wildman–Crippen LogP) is 1.46. The maximum Gasteiger partial charge on any atom is 0.150 e. The van der Waals surface area contributed by atoms with E-state index in [0.717, 1.165) is 25.8 Å². The van der Waals surface area contributed by atoms with Crippen molar-refractivity contribution in [1.82, 2.24) is 5.32 Å². The lowest BCUT2D eigenvalue weighted by Gasteiger charge is -2.28. The Bertz CT molecular complexity index is 351. The molecule has 0 aromatic rings. The highest BCUT2D eigenvalue weighted by Gasteiger charge is 2.34. The summed E-state index contributed by atoms with van der Waals surface area (Å²) in [5.41, 5.74) is -0.122. The lowest BCUT2D eigenvalue weighted by molar-refractivity contribution is 0.00868. The molecule has 4 nitrogen and oxygen atoms in total. The first kappa shape index (κ1) is 15.9. The van der Waals surface area contributed by atoms with Gasteiger partial charge in [-0.1, -0.05) is 0 Å². The van der Waals surface area contributed by atoms with Crippen molar-refractivity contribution in [2.24, 2.45) is 11.8 Å². The van der Waals surface area contributed by atoms with Gasteiger partial charge in [-0.25, -0.2) is 8.42 Å². The minimum atomic E-state index is -2.78. The van der Waals surface area contributed by atoms with Crippen LogP contribution in [0.4, 0.5) is 0 Å². The SMILES string of the molecule is CNCC(CCC(C)(C)OC)C1CCS(=O)(=O)C1. The number of hydrogen-bond donors (Lipinski definition) is 1. The van der Waals surface area contributed by atoms with Crippen LogP contribution in [0.1, 0.15) is 33.1 Å². The first-order valence-corrected chi connectivity index (χ1v) is 8.52. The number of nitrogens with one attached hydrogen (secondary N) is 1. The van der Waals surface area contributed by atoms with E-state index in [4.69, 9.17) is 4.74 Å². The molecule has 0 aromatic carbocycles. The molecular formula is C13H27NO3S. The number of sulfone groups is 1. The van der Waals surface area contributed by atoms with Crippen molar-refractivity contribution in [2.45, 2.75) is 38.7 Å². The van der Waals surface area contributed by atoms with Gasteiger partial charge in [0.15, 0.2) is 9.84 Å². The van der Waals surface area contributed by atoms with Gasteiger partial charge in [-0.2, -0.15) is 0 Å². The van der Waals surface area contributed by atoms with Gasteiger partial charge in [-0.05, 0) is 58.5 Å². The van der Waals surface area contributed by atoms with Crippen LogP contribution in [-0.4, -0.2) is 46.2 Å². The van der Waals surface area contributed by atoms with Gasteiger partial charge in [0.1, 0.15) is 0 Å². The third-order valence-corrected chi connectivity index (χ3v) is 5.86. The molecule has 0 aliphatic carbocycles. The molecule has 1 fully saturated rings. The van der Waals surface area contributed by atoms with Crippen molar-refractivity contribution in [3.05, 3.63) is 0 Å². The highest BCUT2D eigenvalue weighted by Crippen LogP contribution is 2.30. The van der Waals surface area contributed by atoms with E-state index < -0.39 is 9.84 Å². The Morgan fingerprint density at radius 2 is 2.11 bits per heavy atom. The summed E-state index contributed by atoms with van der Waals surface area (Å²) in [6.07, 6.45) is 2.80. The smallest absolute Gasteiger partial charge is 0.150 e. The van der Waals surface area contributed by atoms with E-state index >= 15 is 0 Å². The zero-order valence-electron chi connectivity index (χ0n) is 12.0. The summed E-state index contributed by atoms with van der Waals surface area (Å²) < 4.78 is 28.6. The second kappa shape index (κ2) is 6.35. The average molecular weight is 277 g/mol. The van der Waals surface area contributed by atoms with Gasteiger partial charge in [0, 0.05) is 7.11 Å². The van der Waals surface area contributed by atoms with Gasteiger partial charge >= 0.3 is 0 Å². The van der Waals surface area contributed by atoms with Gasteiger partial charge in [0.05, 0.1) is 17.1 Å². The van der Waals surface area contributed by atoms with Crippen LogP contribution in [0.3, 0.4) is 0 Å². The first-order chi connectivity index (χ1) is 8.29. The second-order valence-electron chi connectivity index (χ2n) is 5.98. The molecule has 0 bridgehead atoms. The van der Waals surface area contributed by atoms with E-state index in [1.54, 1.807) is 7.11 Å². The summed E-state index contributed by atoms with van der Waals surface area (Å²) >= 11 is 0. The largest absolute Gasteiger partial charge is 0.379 e. The van der Waals surface area contributed by atoms with E-state index in [1.165, 1.54) is 0 Å². The molecule has 0 spiro atoms. The van der Waals surface area contributed by atoms with Crippen LogP contribution in [0, 0.1) is 11.8 Å². The fourth-order valence-electron chi connectivity index (χ4n) is 2.60. The van der Waals surface area contributed by atoms with Crippen molar-refractivity contribution >= 4 is 9.84 Å². The van der Waals surface area contributed by atoms with Crippen molar-refractivity contribution in [2.75, 3.05) is 32.2 Å². The molecule has 0 radical (unpaired) electrons. The topological polar surface area (TPSA) is 55.4 Å². The van der Waals surface area contributed by atoms with E-state index in [2.05, 4.69) is 19.2 Å². The summed E-state index contributed by atoms with van der Waals surface area (Å²) in [6, 6.07) is 0. The number of hydrogen-bond acceptors (Lipinski definition) is 4. The van der Waals surface area contributed by atoms with Crippen molar-refractivity contribution < 1.29 is 13.2 Å². The minimum Gasteiger partial charge on any atom is -0.379 e. The van der Waals surface area contributed by atoms with Crippen LogP contribution < -0.4 is 5.32 Å². The Morgan fingerprint density at radius 3 is 2.56 bits per heavy atom. The van der Waals surface area contributed by atoms with Crippen molar-refractivity contribution in [3.63, 3.8) is 0 Å². The van der Waals surface area contributed by atoms with Gasteiger partial charge in [0.25, 0.3) is 0 Å². The maximum absolute atomic E-state index is 11.6. The van der Waals surface area contributed by atoms with Gasteiger partial charge in [0.2, 0.25) is 0 Å².